The van der Waals surface area contributed by atoms with Crippen LogP contribution in [-0.4, -0.2) is 25.5 Å². The summed E-state index contributed by atoms with van der Waals surface area (Å²) in [5, 5.41) is 0. The molecule has 0 aliphatic rings. The van der Waals surface area contributed by atoms with E-state index in [-0.39, 0.29) is 0 Å². The van der Waals surface area contributed by atoms with E-state index >= 15 is 0 Å². The third-order valence-corrected chi connectivity index (χ3v) is 2.74. The van der Waals surface area contributed by atoms with Gasteiger partial charge >= 0.3 is 0 Å². The Labute approximate surface area is 92.2 Å². The van der Waals surface area contributed by atoms with E-state index < -0.39 is 0 Å². The van der Waals surface area contributed by atoms with Gasteiger partial charge in [0.1, 0.15) is 11.5 Å². The first kappa shape index (κ1) is 12.3. The fourth-order valence-electron chi connectivity index (χ4n) is 1.69. The Morgan fingerprint density at radius 3 is 2.47 bits per heavy atom. The average molecular weight is 210 g/mol. The van der Waals surface area contributed by atoms with Crippen LogP contribution in [0.15, 0.2) is 16.5 Å². The predicted molar refractivity (Wildman–Crippen MR) is 62.7 cm³/mol. The summed E-state index contributed by atoms with van der Waals surface area (Å²) in [6.07, 6.45) is 1.04. The summed E-state index contributed by atoms with van der Waals surface area (Å²) in [7, 11) is 4.15. The van der Waals surface area contributed by atoms with Gasteiger partial charge in [-0.25, -0.2) is 0 Å². The Kier molecular flexibility index (Phi) is 4.36. The van der Waals surface area contributed by atoms with Gasteiger partial charge in [-0.15, -0.1) is 0 Å². The third-order valence-electron chi connectivity index (χ3n) is 2.74. The minimum absolute atomic E-state index is 0.331. The second-order valence-electron chi connectivity index (χ2n) is 4.50. The minimum atomic E-state index is 0.331. The van der Waals surface area contributed by atoms with E-state index in [1.165, 1.54) is 0 Å². The molecule has 0 saturated heterocycles. The highest BCUT2D eigenvalue weighted by Gasteiger charge is 2.19. The van der Waals surface area contributed by atoms with Crippen LogP contribution in [0.25, 0.3) is 0 Å². The number of hydrogen-bond acceptors (Lipinski definition) is 3. The number of nitrogens with zero attached hydrogens (tertiary/aromatic N) is 1. The first-order chi connectivity index (χ1) is 7.04. The van der Waals surface area contributed by atoms with Gasteiger partial charge in [0, 0.05) is 0 Å². The summed E-state index contributed by atoms with van der Waals surface area (Å²) in [6.45, 7) is 4.87. The van der Waals surface area contributed by atoms with Crippen molar-refractivity contribution in [3.05, 3.63) is 23.7 Å². The van der Waals surface area contributed by atoms with E-state index in [2.05, 4.69) is 32.0 Å². The Hall–Kier alpha value is -0.800. The van der Waals surface area contributed by atoms with Crippen molar-refractivity contribution in [2.75, 3.05) is 20.6 Å². The third kappa shape index (κ3) is 3.36. The van der Waals surface area contributed by atoms with Gasteiger partial charge in [-0.2, -0.15) is 0 Å². The van der Waals surface area contributed by atoms with Crippen LogP contribution in [0.3, 0.4) is 0 Å². The second-order valence-corrected chi connectivity index (χ2v) is 4.50. The van der Waals surface area contributed by atoms with Gasteiger partial charge in [-0.05, 0) is 52.0 Å². The Balaban J connectivity index is 2.74. The molecule has 0 fully saturated rings. The quantitative estimate of drug-likeness (QED) is 0.810. The van der Waals surface area contributed by atoms with Crippen LogP contribution >= 0.6 is 0 Å². The van der Waals surface area contributed by atoms with Crippen LogP contribution in [0, 0.1) is 12.8 Å². The lowest BCUT2D eigenvalue weighted by Crippen LogP contribution is -2.24. The van der Waals surface area contributed by atoms with Gasteiger partial charge in [0.2, 0.25) is 0 Å². The van der Waals surface area contributed by atoms with E-state index in [0.29, 0.717) is 12.0 Å². The molecule has 3 nitrogen and oxygen atoms in total. The molecule has 2 N–H and O–H groups in total. The molecule has 3 heteroatoms. The average Bonchev–Trinajstić information content (AvgIpc) is 2.60. The lowest BCUT2D eigenvalue weighted by molar-refractivity contribution is 0.220. The van der Waals surface area contributed by atoms with Gasteiger partial charge in [-0.1, -0.05) is 6.92 Å². The van der Waals surface area contributed by atoms with Crippen LogP contribution in [0.4, 0.5) is 0 Å². The lowest BCUT2D eigenvalue weighted by Gasteiger charge is -2.24. The van der Waals surface area contributed by atoms with E-state index in [9.17, 15) is 0 Å². The van der Waals surface area contributed by atoms with Crippen molar-refractivity contribution in [1.82, 2.24) is 4.90 Å². The monoisotopic (exact) mass is 210 g/mol. The smallest absolute Gasteiger partial charge is 0.121 e. The van der Waals surface area contributed by atoms with Crippen molar-refractivity contribution < 1.29 is 4.42 Å². The van der Waals surface area contributed by atoms with Crippen LogP contribution in [0.5, 0.6) is 0 Å². The zero-order chi connectivity index (χ0) is 11.4. The summed E-state index contributed by atoms with van der Waals surface area (Å²) < 4.78 is 5.67. The van der Waals surface area contributed by atoms with Crippen LogP contribution in [0.1, 0.15) is 30.9 Å². The molecule has 2 unspecified atom stereocenters. The van der Waals surface area contributed by atoms with Gasteiger partial charge in [0.15, 0.2) is 0 Å². The number of nitrogens with two attached hydrogens (primary N) is 1. The van der Waals surface area contributed by atoms with Gasteiger partial charge in [0.05, 0.1) is 6.04 Å². The number of furan rings is 1. The standard InChI is InChI=1S/C12H22N2O/c1-9(8-13)7-11(14(3)4)12-6-5-10(2)15-12/h5-6,9,11H,7-8,13H2,1-4H3. The molecular formula is C12H22N2O. The molecule has 0 bridgehead atoms. The van der Waals surface area contributed by atoms with Crippen LogP contribution < -0.4 is 5.73 Å². The van der Waals surface area contributed by atoms with Crippen molar-refractivity contribution in [3.63, 3.8) is 0 Å². The first-order valence-electron chi connectivity index (χ1n) is 5.47. The summed E-state index contributed by atoms with van der Waals surface area (Å²) in [5.41, 5.74) is 5.65. The van der Waals surface area contributed by atoms with E-state index in [1.54, 1.807) is 0 Å². The predicted octanol–water partition coefficient (Wildman–Crippen LogP) is 2.18. The first-order valence-corrected chi connectivity index (χ1v) is 5.47. The number of aryl methyl sites for hydroxylation is 1. The highest BCUT2D eigenvalue weighted by molar-refractivity contribution is 5.09. The largest absolute Gasteiger partial charge is 0.465 e. The summed E-state index contributed by atoms with van der Waals surface area (Å²) in [6, 6.07) is 4.40. The molecule has 0 spiro atoms. The Morgan fingerprint density at radius 1 is 1.40 bits per heavy atom. The maximum atomic E-state index is 5.67. The molecule has 1 rings (SSSR count). The van der Waals surface area contributed by atoms with Crippen LogP contribution in [0.2, 0.25) is 0 Å². The molecule has 1 aromatic rings. The van der Waals surface area contributed by atoms with Crippen molar-refractivity contribution in [1.29, 1.82) is 0 Å². The molecule has 0 aliphatic heterocycles. The summed E-state index contributed by atoms with van der Waals surface area (Å²) >= 11 is 0. The minimum Gasteiger partial charge on any atom is -0.465 e. The Bertz CT molecular complexity index is 294. The topological polar surface area (TPSA) is 42.4 Å². The van der Waals surface area contributed by atoms with Gasteiger partial charge in [0.25, 0.3) is 0 Å². The molecule has 15 heavy (non-hydrogen) atoms. The molecule has 1 aromatic heterocycles. The maximum absolute atomic E-state index is 5.67. The molecular weight excluding hydrogens is 188 g/mol. The number of hydrogen-bond donors (Lipinski definition) is 1. The fourth-order valence-corrected chi connectivity index (χ4v) is 1.69. The SMILES string of the molecule is Cc1ccc(C(CC(C)CN)N(C)C)o1. The molecule has 0 aromatic carbocycles. The van der Waals surface area contributed by atoms with Crippen molar-refractivity contribution in [2.45, 2.75) is 26.3 Å². The molecule has 86 valence electrons. The molecule has 0 amide bonds. The van der Waals surface area contributed by atoms with Gasteiger partial charge < -0.3 is 10.2 Å². The lowest BCUT2D eigenvalue weighted by atomic mass is 9.99. The van der Waals surface area contributed by atoms with E-state index in [4.69, 9.17) is 10.2 Å². The molecule has 2 atom stereocenters. The van der Waals surface area contributed by atoms with Crippen molar-refractivity contribution in [2.24, 2.45) is 11.7 Å². The molecule has 0 aliphatic carbocycles. The van der Waals surface area contributed by atoms with Crippen LogP contribution in [-0.2, 0) is 0 Å². The highest BCUT2D eigenvalue weighted by atomic mass is 16.3. The summed E-state index contributed by atoms with van der Waals surface area (Å²) in [4.78, 5) is 2.18. The van der Waals surface area contributed by atoms with Crippen molar-refractivity contribution in [3.8, 4) is 0 Å². The zero-order valence-electron chi connectivity index (χ0n) is 10.2. The fraction of sp³-hybridized carbons (Fsp3) is 0.667. The highest BCUT2D eigenvalue weighted by Crippen LogP contribution is 2.26. The Morgan fingerprint density at radius 2 is 2.07 bits per heavy atom. The molecule has 0 radical (unpaired) electrons. The van der Waals surface area contributed by atoms with E-state index in [0.717, 1.165) is 24.5 Å². The normalized spacial score (nSPS) is 15.6. The summed E-state index contributed by atoms with van der Waals surface area (Å²) in [5.74, 6) is 2.53. The second kappa shape index (κ2) is 5.33. The van der Waals surface area contributed by atoms with Gasteiger partial charge in [-0.3, -0.25) is 4.90 Å². The maximum Gasteiger partial charge on any atom is 0.121 e. The van der Waals surface area contributed by atoms with E-state index in [1.807, 2.05) is 13.0 Å². The zero-order valence-corrected chi connectivity index (χ0v) is 10.2. The number of rotatable bonds is 5. The van der Waals surface area contributed by atoms with Crippen molar-refractivity contribution >= 4 is 0 Å². The molecule has 0 saturated carbocycles. The molecule has 1 heterocycles.